The zero-order chi connectivity index (χ0) is 19.0. The van der Waals surface area contributed by atoms with Crippen molar-refractivity contribution in [1.82, 2.24) is 10.9 Å². The third kappa shape index (κ3) is 13.5. The highest BCUT2D eigenvalue weighted by molar-refractivity contribution is 5.85. The van der Waals surface area contributed by atoms with E-state index in [-0.39, 0.29) is 25.7 Å². The van der Waals surface area contributed by atoms with E-state index in [1.54, 1.807) is 41.5 Å². The molecule has 24 heavy (non-hydrogen) atoms. The predicted molar refractivity (Wildman–Crippen MR) is 86.4 cm³/mol. The van der Waals surface area contributed by atoms with Crippen LogP contribution in [-0.2, 0) is 28.7 Å². The maximum absolute atomic E-state index is 11.5. The van der Waals surface area contributed by atoms with Gasteiger partial charge in [-0.25, -0.2) is 0 Å². The lowest BCUT2D eigenvalue weighted by atomic mass is 10.2. The lowest BCUT2D eigenvalue weighted by molar-refractivity contribution is -0.156. The Labute approximate surface area is 142 Å². The van der Waals surface area contributed by atoms with Crippen LogP contribution in [0, 0.1) is 0 Å². The largest absolute Gasteiger partial charge is 0.460 e. The molecule has 0 spiro atoms. The molecular weight excluding hydrogens is 316 g/mol. The van der Waals surface area contributed by atoms with Crippen LogP contribution in [0.1, 0.15) is 67.2 Å². The van der Waals surface area contributed by atoms with Gasteiger partial charge in [0.15, 0.2) is 0 Å². The second-order valence-electron chi connectivity index (χ2n) is 7.27. The molecule has 8 heteroatoms. The molecule has 0 aromatic carbocycles. The van der Waals surface area contributed by atoms with Crippen LogP contribution in [0.2, 0.25) is 0 Å². The van der Waals surface area contributed by atoms with Gasteiger partial charge in [-0.1, -0.05) is 0 Å². The Bertz CT molecular complexity index is 430. The molecule has 0 aliphatic heterocycles. The molecule has 138 valence electrons. The van der Waals surface area contributed by atoms with E-state index in [4.69, 9.17) is 9.47 Å². The van der Waals surface area contributed by atoms with E-state index in [1.165, 1.54) is 0 Å². The smallest absolute Gasteiger partial charge is 0.306 e. The van der Waals surface area contributed by atoms with Gasteiger partial charge in [-0.2, -0.15) is 0 Å². The fourth-order valence-corrected chi connectivity index (χ4v) is 1.48. The summed E-state index contributed by atoms with van der Waals surface area (Å²) >= 11 is 0. The highest BCUT2D eigenvalue weighted by atomic mass is 16.6. The maximum atomic E-state index is 11.5. The molecule has 0 radical (unpaired) electrons. The van der Waals surface area contributed by atoms with Gasteiger partial charge in [-0.05, 0) is 41.5 Å². The summed E-state index contributed by atoms with van der Waals surface area (Å²) in [6.45, 7) is 10.4. The van der Waals surface area contributed by atoms with Crippen molar-refractivity contribution in [1.29, 1.82) is 0 Å². The minimum atomic E-state index is -0.608. The number of amides is 2. The van der Waals surface area contributed by atoms with Crippen LogP contribution in [0.4, 0.5) is 0 Å². The van der Waals surface area contributed by atoms with E-state index in [2.05, 4.69) is 10.9 Å². The maximum Gasteiger partial charge on any atom is 0.306 e. The summed E-state index contributed by atoms with van der Waals surface area (Å²) in [6, 6.07) is 0. The van der Waals surface area contributed by atoms with E-state index in [1.807, 2.05) is 0 Å². The highest BCUT2D eigenvalue weighted by Gasteiger charge is 2.18. The average Bonchev–Trinajstić information content (AvgIpc) is 2.36. The van der Waals surface area contributed by atoms with Gasteiger partial charge in [0.05, 0.1) is 12.8 Å². The monoisotopic (exact) mass is 344 g/mol. The molecule has 0 aliphatic rings. The van der Waals surface area contributed by atoms with E-state index in [9.17, 15) is 19.2 Å². The molecule has 8 nitrogen and oxygen atoms in total. The first-order chi connectivity index (χ1) is 10.8. The molecule has 0 saturated carbocycles. The summed E-state index contributed by atoms with van der Waals surface area (Å²) in [4.78, 5) is 45.9. The molecule has 0 bridgehead atoms. The van der Waals surface area contributed by atoms with Crippen molar-refractivity contribution in [3.63, 3.8) is 0 Å². The molecule has 0 atom stereocenters. The SMILES string of the molecule is CC(C)(C)OC(=O)CCC(=O)NNC(=O)CCC(=O)OC(C)(C)C. The van der Waals surface area contributed by atoms with Crippen molar-refractivity contribution in [3.8, 4) is 0 Å². The average molecular weight is 344 g/mol. The number of ether oxygens (including phenoxy) is 2. The molecule has 0 unspecified atom stereocenters. The first-order valence-electron chi connectivity index (χ1n) is 7.80. The topological polar surface area (TPSA) is 111 Å². The Kier molecular flexibility index (Phi) is 8.43. The van der Waals surface area contributed by atoms with Crippen molar-refractivity contribution in [2.45, 2.75) is 78.4 Å². The molecule has 2 amide bonds. The minimum Gasteiger partial charge on any atom is -0.460 e. The van der Waals surface area contributed by atoms with Gasteiger partial charge in [-0.15, -0.1) is 0 Å². The molecule has 0 saturated heterocycles. The summed E-state index contributed by atoms with van der Waals surface area (Å²) in [5, 5.41) is 0. The third-order valence-corrected chi connectivity index (χ3v) is 2.29. The van der Waals surface area contributed by atoms with Crippen LogP contribution >= 0.6 is 0 Å². The van der Waals surface area contributed by atoms with E-state index >= 15 is 0 Å². The normalized spacial score (nSPS) is 11.4. The van der Waals surface area contributed by atoms with Gasteiger partial charge in [0, 0.05) is 12.8 Å². The van der Waals surface area contributed by atoms with Crippen molar-refractivity contribution in [2.24, 2.45) is 0 Å². The number of rotatable bonds is 6. The van der Waals surface area contributed by atoms with Crippen molar-refractivity contribution in [2.75, 3.05) is 0 Å². The van der Waals surface area contributed by atoms with Gasteiger partial charge in [0.2, 0.25) is 11.8 Å². The second-order valence-corrected chi connectivity index (χ2v) is 7.27. The second kappa shape index (κ2) is 9.24. The van der Waals surface area contributed by atoms with Crippen LogP contribution in [0.5, 0.6) is 0 Å². The molecule has 0 heterocycles. The summed E-state index contributed by atoms with van der Waals surface area (Å²) in [7, 11) is 0. The standard InChI is InChI=1S/C16H28N2O6/c1-15(2,3)23-13(21)9-7-11(19)17-18-12(20)8-10-14(22)24-16(4,5)6/h7-10H2,1-6H3,(H,17,19)(H,18,20). The van der Waals surface area contributed by atoms with Crippen molar-refractivity contribution < 1.29 is 28.7 Å². The van der Waals surface area contributed by atoms with Crippen LogP contribution in [0.3, 0.4) is 0 Å². The number of carbonyl (C=O) groups excluding carboxylic acids is 4. The van der Waals surface area contributed by atoms with Gasteiger partial charge in [0.25, 0.3) is 0 Å². The predicted octanol–water partition coefficient (Wildman–Crippen LogP) is 1.38. The van der Waals surface area contributed by atoms with Gasteiger partial charge in [0.1, 0.15) is 11.2 Å². The number of carbonyl (C=O) groups is 4. The molecule has 2 N–H and O–H groups in total. The Morgan fingerprint density at radius 2 is 0.917 bits per heavy atom. The van der Waals surface area contributed by atoms with Crippen LogP contribution < -0.4 is 10.9 Å². The molecular formula is C16H28N2O6. The van der Waals surface area contributed by atoms with Crippen molar-refractivity contribution >= 4 is 23.8 Å². The van der Waals surface area contributed by atoms with Crippen LogP contribution in [0.15, 0.2) is 0 Å². The van der Waals surface area contributed by atoms with Crippen LogP contribution in [-0.4, -0.2) is 35.0 Å². The van der Waals surface area contributed by atoms with E-state index < -0.39 is 35.0 Å². The van der Waals surface area contributed by atoms with E-state index in [0.717, 1.165) is 0 Å². The Hall–Kier alpha value is -2.12. The number of hydrazine groups is 1. The van der Waals surface area contributed by atoms with Gasteiger partial charge < -0.3 is 9.47 Å². The molecule has 0 aromatic heterocycles. The Balaban J connectivity index is 3.92. The number of hydrogen-bond acceptors (Lipinski definition) is 6. The summed E-state index contributed by atoms with van der Waals surface area (Å²) < 4.78 is 10.1. The number of hydrogen-bond donors (Lipinski definition) is 2. The zero-order valence-corrected chi connectivity index (χ0v) is 15.3. The lowest BCUT2D eigenvalue weighted by Crippen LogP contribution is -2.42. The minimum absolute atomic E-state index is 0.0864. The number of nitrogens with one attached hydrogen (secondary N) is 2. The summed E-state index contributed by atoms with van der Waals surface area (Å²) in [6.07, 6.45) is -0.393. The third-order valence-electron chi connectivity index (χ3n) is 2.29. The zero-order valence-electron chi connectivity index (χ0n) is 15.3. The fourth-order valence-electron chi connectivity index (χ4n) is 1.48. The summed E-state index contributed by atoms with van der Waals surface area (Å²) in [5.74, 6) is -2.03. The first kappa shape index (κ1) is 21.9. The fraction of sp³-hybridized carbons (Fsp3) is 0.750. The molecule has 0 fully saturated rings. The quantitative estimate of drug-likeness (QED) is 0.556. The highest BCUT2D eigenvalue weighted by Crippen LogP contribution is 2.09. The van der Waals surface area contributed by atoms with E-state index in [0.29, 0.717) is 0 Å². The Morgan fingerprint density at radius 1 is 0.625 bits per heavy atom. The molecule has 0 aromatic rings. The molecule has 0 aliphatic carbocycles. The number of esters is 2. The van der Waals surface area contributed by atoms with Crippen molar-refractivity contribution in [3.05, 3.63) is 0 Å². The first-order valence-corrected chi connectivity index (χ1v) is 7.80. The van der Waals surface area contributed by atoms with Crippen LogP contribution in [0.25, 0.3) is 0 Å². The molecule has 0 rings (SSSR count). The Morgan fingerprint density at radius 3 is 1.17 bits per heavy atom. The lowest BCUT2D eigenvalue weighted by Gasteiger charge is -2.19. The summed E-state index contributed by atoms with van der Waals surface area (Å²) in [5.41, 5.74) is 3.13. The van der Waals surface area contributed by atoms with Gasteiger partial charge >= 0.3 is 11.9 Å². The van der Waals surface area contributed by atoms with Gasteiger partial charge in [-0.3, -0.25) is 30.0 Å².